The molecule has 1 heterocycles. The summed E-state index contributed by atoms with van der Waals surface area (Å²) in [6.45, 7) is 4.08. The highest BCUT2D eigenvalue weighted by Gasteiger charge is 2.10. The van der Waals surface area contributed by atoms with Crippen LogP contribution in [0, 0.1) is 3.57 Å². The van der Waals surface area contributed by atoms with E-state index in [1.54, 1.807) is 24.4 Å². The van der Waals surface area contributed by atoms with E-state index in [2.05, 4.69) is 65.9 Å². The summed E-state index contributed by atoms with van der Waals surface area (Å²) in [5.41, 5.74) is 6.52. The fourth-order valence-electron chi connectivity index (χ4n) is 3.08. The average molecular weight is 694 g/mol. The molecule has 4 aromatic rings. The third-order valence-corrected chi connectivity index (χ3v) is 7.19. The Morgan fingerprint density at radius 2 is 1.94 bits per heavy atom. The number of hydrogen-bond acceptors (Lipinski definition) is 6. The van der Waals surface area contributed by atoms with Crippen molar-refractivity contribution < 1.29 is 9.53 Å². The summed E-state index contributed by atoms with van der Waals surface area (Å²) < 4.78 is 7.36. The standard InChI is InChI=1S/C26H19BrClIN4O2S/c1-2-11-35-24-21(27)12-16(13-22(24)29)14-30-33-25(34)18-5-3-17(4-6-18)23-15-36-26(32-23)31-20-9-7-19(28)8-10-20/h2-10,12-15H,1,11H2,(H,31,32)(H,33,34)/b30-14-. The number of nitrogens with zero attached hydrogens (tertiary/aromatic N) is 2. The van der Waals surface area contributed by atoms with Gasteiger partial charge in [-0.3, -0.25) is 4.79 Å². The Kier molecular flexibility index (Phi) is 9.13. The molecule has 0 radical (unpaired) electrons. The lowest BCUT2D eigenvalue weighted by Crippen LogP contribution is -2.17. The molecule has 0 aliphatic carbocycles. The van der Waals surface area contributed by atoms with Crippen molar-refractivity contribution in [2.75, 3.05) is 11.9 Å². The number of hydrazone groups is 1. The van der Waals surface area contributed by atoms with Gasteiger partial charge in [0.2, 0.25) is 0 Å². The minimum Gasteiger partial charge on any atom is -0.487 e. The van der Waals surface area contributed by atoms with Crippen molar-refractivity contribution in [3.63, 3.8) is 0 Å². The van der Waals surface area contributed by atoms with Crippen LogP contribution < -0.4 is 15.5 Å². The lowest BCUT2D eigenvalue weighted by molar-refractivity contribution is 0.0955. The number of halogens is 3. The van der Waals surface area contributed by atoms with Crippen LogP contribution in [0.1, 0.15) is 15.9 Å². The van der Waals surface area contributed by atoms with Gasteiger partial charge in [0.1, 0.15) is 12.4 Å². The van der Waals surface area contributed by atoms with Gasteiger partial charge in [0.25, 0.3) is 5.91 Å². The molecule has 0 aliphatic rings. The molecule has 10 heteroatoms. The second kappa shape index (κ2) is 12.5. The zero-order valence-corrected chi connectivity index (χ0v) is 24.0. The number of hydrogen-bond donors (Lipinski definition) is 2. The second-order valence-corrected chi connectivity index (χ2v) is 10.7. The molecule has 0 saturated heterocycles. The van der Waals surface area contributed by atoms with Gasteiger partial charge >= 0.3 is 0 Å². The number of aromatic nitrogens is 1. The lowest BCUT2D eigenvalue weighted by atomic mass is 10.1. The van der Waals surface area contributed by atoms with Crippen molar-refractivity contribution in [2.24, 2.45) is 5.10 Å². The number of amides is 1. The molecule has 6 nitrogen and oxygen atoms in total. The fraction of sp³-hybridized carbons (Fsp3) is 0.0385. The molecular weight excluding hydrogens is 675 g/mol. The van der Waals surface area contributed by atoms with Crippen LogP contribution in [0.15, 0.2) is 88.3 Å². The number of carbonyl (C=O) groups is 1. The number of benzene rings is 3. The Morgan fingerprint density at radius 1 is 1.19 bits per heavy atom. The minimum atomic E-state index is -0.305. The van der Waals surface area contributed by atoms with Gasteiger partial charge in [-0.05, 0) is 92.6 Å². The highest BCUT2D eigenvalue weighted by Crippen LogP contribution is 2.32. The largest absolute Gasteiger partial charge is 0.487 e. The molecule has 0 aliphatic heterocycles. The van der Waals surface area contributed by atoms with Crippen LogP contribution in [0.25, 0.3) is 11.3 Å². The van der Waals surface area contributed by atoms with E-state index in [9.17, 15) is 4.79 Å². The molecule has 0 fully saturated rings. The van der Waals surface area contributed by atoms with Gasteiger partial charge in [-0.1, -0.05) is 36.4 Å². The fourth-order valence-corrected chi connectivity index (χ4v) is 5.71. The summed E-state index contributed by atoms with van der Waals surface area (Å²) in [5, 5.41) is 10.8. The van der Waals surface area contributed by atoms with Crippen LogP contribution in [0.5, 0.6) is 5.75 Å². The third-order valence-electron chi connectivity index (χ3n) is 4.79. The van der Waals surface area contributed by atoms with Crippen molar-refractivity contribution in [3.05, 3.63) is 103 Å². The van der Waals surface area contributed by atoms with E-state index in [1.807, 2.05) is 53.9 Å². The topological polar surface area (TPSA) is 75.6 Å². The maximum absolute atomic E-state index is 12.5. The second-order valence-electron chi connectivity index (χ2n) is 7.36. The van der Waals surface area contributed by atoms with Crippen LogP contribution in [0.4, 0.5) is 10.8 Å². The number of carbonyl (C=O) groups excluding carboxylic acids is 1. The van der Waals surface area contributed by atoms with E-state index in [1.165, 1.54) is 11.3 Å². The summed E-state index contributed by atoms with van der Waals surface area (Å²) in [7, 11) is 0. The first-order valence-electron chi connectivity index (χ1n) is 10.6. The van der Waals surface area contributed by atoms with Gasteiger partial charge in [0, 0.05) is 27.2 Å². The van der Waals surface area contributed by atoms with Crippen LogP contribution >= 0.6 is 61.5 Å². The smallest absolute Gasteiger partial charge is 0.271 e. The number of rotatable bonds is 9. The summed E-state index contributed by atoms with van der Waals surface area (Å²) in [4.78, 5) is 17.1. The predicted octanol–water partition coefficient (Wildman–Crippen LogP) is 7.90. The SMILES string of the molecule is C=CCOc1c(Br)cc(/C=N\NC(=O)c2ccc(-c3csc(Nc4ccc(Cl)cc4)n3)cc2)cc1I. The minimum absolute atomic E-state index is 0.305. The molecule has 0 spiro atoms. The Morgan fingerprint density at radius 3 is 2.64 bits per heavy atom. The lowest BCUT2D eigenvalue weighted by Gasteiger charge is -2.09. The highest BCUT2D eigenvalue weighted by atomic mass is 127. The van der Waals surface area contributed by atoms with Gasteiger partial charge in [-0.25, -0.2) is 10.4 Å². The molecule has 0 bridgehead atoms. The molecule has 1 amide bonds. The molecule has 2 N–H and O–H groups in total. The molecule has 4 rings (SSSR count). The first-order valence-corrected chi connectivity index (χ1v) is 13.7. The zero-order valence-electron chi connectivity index (χ0n) is 18.7. The predicted molar refractivity (Wildman–Crippen MR) is 160 cm³/mol. The summed E-state index contributed by atoms with van der Waals surface area (Å²) >= 11 is 13.1. The van der Waals surface area contributed by atoms with E-state index in [0.29, 0.717) is 17.2 Å². The first-order chi connectivity index (χ1) is 17.4. The molecule has 0 unspecified atom stereocenters. The Hall–Kier alpha value is -2.73. The summed E-state index contributed by atoms with van der Waals surface area (Å²) in [6, 6.07) is 18.4. The van der Waals surface area contributed by atoms with Gasteiger partial charge in [0.05, 0.1) is 20.0 Å². The van der Waals surface area contributed by atoms with Crippen LogP contribution in [0.3, 0.4) is 0 Å². The van der Waals surface area contributed by atoms with E-state index in [-0.39, 0.29) is 5.91 Å². The normalized spacial score (nSPS) is 10.9. The summed E-state index contributed by atoms with van der Waals surface area (Å²) in [6.07, 6.45) is 3.27. The Labute approximate surface area is 239 Å². The van der Waals surface area contributed by atoms with Crippen molar-refractivity contribution in [3.8, 4) is 17.0 Å². The Bertz CT molecular complexity index is 1390. The molecular formula is C26H19BrClIN4O2S. The number of thiazole rings is 1. The molecule has 182 valence electrons. The van der Waals surface area contributed by atoms with E-state index in [0.717, 1.165) is 41.4 Å². The van der Waals surface area contributed by atoms with Crippen molar-refractivity contribution in [1.29, 1.82) is 0 Å². The highest BCUT2D eigenvalue weighted by molar-refractivity contribution is 14.1. The maximum atomic E-state index is 12.5. The quantitative estimate of drug-likeness (QED) is 0.0809. The van der Waals surface area contributed by atoms with Crippen molar-refractivity contribution in [1.82, 2.24) is 10.4 Å². The summed E-state index contributed by atoms with van der Waals surface area (Å²) in [5.74, 6) is 0.436. The molecule has 3 aromatic carbocycles. The Balaban J connectivity index is 1.36. The van der Waals surface area contributed by atoms with Gasteiger partial charge in [-0.15, -0.1) is 11.3 Å². The maximum Gasteiger partial charge on any atom is 0.271 e. The van der Waals surface area contributed by atoms with Gasteiger partial charge < -0.3 is 10.1 Å². The van der Waals surface area contributed by atoms with Crippen LogP contribution in [-0.2, 0) is 0 Å². The van der Waals surface area contributed by atoms with Crippen LogP contribution in [0.2, 0.25) is 5.02 Å². The van der Waals surface area contributed by atoms with Gasteiger partial charge in [0.15, 0.2) is 5.13 Å². The monoisotopic (exact) mass is 692 g/mol. The van der Waals surface area contributed by atoms with E-state index < -0.39 is 0 Å². The number of nitrogens with one attached hydrogen (secondary N) is 2. The first kappa shape index (κ1) is 26.3. The molecule has 0 atom stereocenters. The molecule has 36 heavy (non-hydrogen) atoms. The number of ether oxygens (including phenoxy) is 1. The number of anilines is 2. The van der Waals surface area contributed by atoms with Crippen LogP contribution in [-0.4, -0.2) is 23.7 Å². The molecule has 1 aromatic heterocycles. The van der Waals surface area contributed by atoms with Crippen molar-refractivity contribution in [2.45, 2.75) is 0 Å². The van der Waals surface area contributed by atoms with Gasteiger partial charge in [-0.2, -0.15) is 5.10 Å². The third kappa shape index (κ3) is 6.94. The van der Waals surface area contributed by atoms with E-state index >= 15 is 0 Å². The zero-order chi connectivity index (χ0) is 25.5. The van der Waals surface area contributed by atoms with Crippen molar-refractivity contribution >= 4 is 84.4 Å². The average Bonchev–Trinajstić information content (AvgIpc) is 3.33. The van der Waals surface area contributed by atoms with E-state index in [4.69, 9.17) is 16.3 Å². The molecule has 0 saturated carbocycles.